The second kappa shape index (κ2) is 7.74. The van der Waals surface area contributed by atoms with E-state index in [-0.39, 0.29) is 34.6 Å². The van der Waals surface area contributed by atoms with Gasteiger partial charge in [-0.15, -0.1) is 0 Å². The van der Waals surface area contributed by atoms with Gasteiger partial charge in [-0.2, -0.15) is 0 Å². The van der Waals surface area contributed by atoms with Crippen LogP contribution in [0, 0.1) is 52.3 Å². The molecule has 0 aromatic heterocycles. The van der Waals surface area contributed by atoms with E-state index in [1.165, 1.54) is 6.92 Å². The van der Waals surface area contributed by atoms with Crippen molar-refractivity contribution in [1.29, 1.82) is 0 Å². The van der Waals surface area contributed by atoms with E-state index in [0.717, 1.165) is 38.5 Å². The van der Waals surface area contributed by atoms with E-state index in [2.05, 4.69) is 27.7 Å². The van der Waals surface area contributed by atoms with Gasteiger partial charge in [0.05, 0.1) is 6.61 Å². The second-order valence-electron chi connectivity index (χ2n) is 11.5. The van der Waals surface area contributed by atoms with E-state index in [1.807, 2.05) is 0 Å². The highest BCUT2D eigenvalue weighted by molar-refractivity contribution is 5.88. The summed E-state index contributed by atoms with van der Waals surface area (Å²) in [6.45, 7) is 11.2. The standard InChI is InChI=1S/C26H40O4/c1-6-18-22-13-17(28)9-11-26(22,5)21-10-12-25(4)19(15(2)14-30-16(3)27)7-8-20(25)23(21)24(18)29/h15,18-23H,6-14H2,1-5H3/t15-,18-,19-,20?,21?,22?,23?,25-,26-/m1/s1. The van der Waals surface area contributed by atoms with E-state index < -0.39 is 0 Å². The van der Waals surface area contributed by atoms with Crippen LogP contribution in [0.2, 0.25) is 0 Å². The van der Waals surface area contributed by atoms with Crippen molar-refractivity contribution in [3.8, 4) is 0 Å². The highest BCUT2D eigenvalue weighted by Gasteiger charge is 2.65. The normalized spacial score (nSPS) is 46.6. The Bertz CT molecular complexity index is 729. The van der Waals surface area contributed by atoms with Gasteiger partial charge in [0.1, 0.15) is 11.6 Å². The molecular weight excluding hydrogens is 376 g/mol. The number of Topliss-reactive ketones (excluding diaryl/α,β-unsaturated/α-hetero) is 2. The lowest BCUT2D eigenvalue weighted by Crippen LogP contribution is -2.60. The van der Waals surface area contributed by atoms with Crippen LogP contribution >= 0.6 is 0 Å². The first-order valence-corrected chi connectivity index (χ1v) is 12.3. The minimum Gasteiger partial charge on any atom is -0.466 e. The van der Waals surface area contributed by atoms with Crippen molar-refractivity contribution >= 4 is 17.5 Å². The predicted octanol–water partition coefficient (Wildman–Crippen LogP) is 5.23. The third-order valence-electron chi connectivity index (χ3n) is 10.3. The maximum atomic E-state index is 13.9. The van der Waals surface area contributed by atoms with Gasteiger partial charge < -0.3 is 4.74 Å². The fourth-order valence-corrected chi connectivity index (χ4v) is 8.78. The SMILES string of the molecule is CC[C@H]1C(=O)C2C(CC[C@@]3(C)C2CC[C@@H]3[C@H](C)COC(C)=O)[C@@]2(C)CCC(=O)CC12. The zero-order valence-electron chi connectivity index (χ0n) is 19.5. The molecule has 4 nitrogen and oxygen atoms in total. The third kappa shape index (κ3) is 3.19. The average Bonchev–Trinajstić information content (AvgIpc) is 3.05. The molecule has 4 saturated carbocycles. The Balaban J connectivity index is 1.63. The summed E-state index contributed by atoms with van der Waals surface area (Å²) >= 11 is 0. The van der Waals surface area contributed by atoms with Crippen molar-refractivity contribution in [2.45, 2.75) is 86.0 Å². The van der Waals surface area contributed by atoms with Crippen molar-refractivity contribution in [2.24, 2.45) is 52.3 Å². The molecule has 0 aromatic carbocycles. The Morgan fingerprint density at radius 2 is 1.77 bits per heavy atom. The highest BCUT2D eigenvalue weighted by atomic mass is 16.5. The lowest BCUT2D eigenvalue weighted by molar-refractivity contribution is -0.170. The summed E-state index contributed by atoms with van der Waals surface area (Å²) in [7, 11) is 0. The molecule has 0 aromatic rings. The number of carbonyl (C=O) groups excluding carboxylic acids is 3. The zero-order chi connectivity index (χ0) is 21.8. The van der Waals surface area contributed by atoms with E-state index in [9.17, 15) is 14.4 Å². The van der Waals surface area contributed by atoms with Gasteiger partial charge in [-0.1, -0.05) is 27.7 Å². The molecule has 0 saturated heterocycles. The molecule has 0 radical (unpaired) electrons. The van der Waals surface area contributed by atoms with Crippen LogP contribution in [0.1, 0.15) is 86.0 Å². The zero-order valence-corrected chi connectivity index (χ0v) is 19.5. The monoisotopic (exact) mass is 416 g/mol. The van der Waals surface area contributed by atoms with Crippen LogP contribution in [0.25, 0.3) is 0 Å². The summed E-state index contributed by atoms with van der Waals surface area (Å²) in [5.74, 6) is 2.82. The molecule has 0 N–H and O–H groups in total. The van der Waals surface area contributed by atoms with E-state index in [0.29, 0.717) is 54.7 Å². The van der Waals surface area contributed by atoms with Crippen LogP contribution in [0.3, 0.4) is 0 Å². The van der Waals surface area contributed by atoms with Gasteiger partial charge in [0.2, 0.25) is 0 Å². The molecular formula is C26H40O4. The molecule has 0 amide bonds. The second-order valence-corrected chi connectivity index (χ2v) is 11.5. The molecule has 30 heavy (non-hydrogen) atoms. The molecule has 0 heterocycles. The Morgan fingerprint density at radius 1 is 1.07 bits per heavy atom. The van der Waals surface area contributed by atoms with Gasteiger partial charge in [0.25, 0.3) is 0 Å². The van der Waals surface area contributed by atoms with Crippen molar-refractivity contribution in [3.63, 3.8) is 0 Å². The molecule has 4 fully saturated rings. The van der Waals surface area contributed by atoms with Crippen LogP contribution in [-0.4, -0.2) is 24.1 Å². The van der Waals surface area contributed by atoms with E-state index >= 15 is 0 Å². The average molecular weight is 417 g/mol. The summed E-state index contributed by atoms with van der Waals surface area (Å²) in [6, 6.07) is 0. The minimum absolute atomic E-state index is 0.0559. The number of esters is 1. The predicted molar refractivity (Wildman–Crippen MR) is 116 cm³/mol. The van der Waals surface area contributed by atoms with Crippen LogP contribution in [0.4, 0.5) is 0 Å². The first-order chi connectivity index (χ1) is 14.1. The first kappa shape index (κ1) is 22.0. The quantitative estimate of drug-likeness (QED) is 0.589. The van der Waals surface area contributed by atoms with E-state index in [1.54, 1.807) is 0 Å². The Morgan fingerprint density at radius 3 is 2.43 bits per heavy atom. The molecule has 4 unspecified atom stereocenters. The molecule has 4 rings (SSSR count). The molecule has 168 valence electrons. The summed E-state index contributed by atoms with van der Waals surface area (Å²) in [4.78, 5) is 37.5. The Kier molecular flexibility index (Phi) is 5.68. The minimum atomic E-state index is -0.204. The van der Waals surface area contributed by atoms with Crippen LogP contribution in [0.15, 0.2) is 0 Å². The smallest absolute Gasteiger partial charge is 0.302 e. The number of hydrogen-bond donors (Lipinski definition) is 0. The number of carbonyl (C=O) groups is 3. The lowest BCUT2D eigenvalue weighted by Gasteiger charge is -2.61. The molecule has 0 aliphatic heterocycles. The van der Waals surface area contributed by atoms with Gasteiger partial charge >= 0.3 is 5.97 Å². The van der Waals surface area contributed by atoms with Crippen LogP contribution in [-0.2, 0) is 19.1 Å². The number of fused-ring (bicyclic) bond motifs is 5. The third-order valence-corrected chi connectivity index (χ3v) is 10.3. The fourth-order valence-electron chi connectivity index (χ4n) is 8.78. The van der Waals surface area contributed by atoms with Crippen molar-refractivity contribution < 1.29 is 19.1 Å². The van der Waals surface area contributed by atoms with Gasteiger partial charge in [-0.05, 0) is 78.9 Å². The summed E-state index contributed by atoms with van der Waals surface area (Å²) in [5, 5.41) is 0. The highest BCUT2D eigenvalue weighted by Crippen LogP contribution is 2.68. The Labute approximate surface area is 181 Å². The van der Waals surface area contributed by atoms with Gasteiger partial charge in [0.15, 0.2) is 0 Å². The number of ether oxygens (including phenoxy) is 1. The molecule has 4 aliphatic rings. The Hall–Kier alpha value is -1.19. The topological polar surface area (TPSA) is 60.4 Å². The van der Waals surface area contributed by atoms with Crippen LogP contribution in [0.5, 0.6) is 0 Å². The number of hydrogen-bond acceptors (Lipinski definition) is 4. The fraction of sp³-hybridized carbons (Fsp3) is 0.885. The molecule has 9 atom stereocenters. The van der Waals surface area contributed by atoms with Crippen molar-refractivity contribution in [1.82, 2.24) is 0 Å². The maximum absolute atomic E-state index is 13.9. The molecule has 4 aliphatic carbocycles. The molecule has 0 bridgehead atoms. The number of ketones is 2. The maximum Gasteiger partial charge on any atom is 0.302 e. The summed E-state index contributed by atoms with van der Waals surface area (Å²) < 4.78 is 5.36. The number of rotatable bonds is 4. The molecule has 0 spiro atoms. The largest absolute Gasteiger partial charge is 0.466 e. The first-order valence-electron chi connectivity index (χ1n) is 12.3. The molecule has 4 heteroatoms. The van der Waals surface area contributed by atoms with Crippen molar-refractivity contribution in [2.75, 3.05) is 6.61 Å². The van der Waals surface area contributed by atoms with Gasteiger partial charge in [0, 0.05) is 31.6 Å². The summed E-state index contributed by atoms with van der Waals surface area (Å²) in [5.41, 5.74) is 0.290. The van der Waals surface area contributed by atoms with E-state index in [4.69, 9.17) is 4.74 Å². The van der Waals surface area contributed by atoms with Crippen LogP contribution < -0.4 is 0 Å². The van der Waals surface area contributed by atoms with Gasteiger partial charge in [-0.3, -0.25) is 14.4 Å². The van der Waals surface area contributed by atoms with Gasteiger partial charge in [-0.25, -0.2) is 0 Å². The summed E-state index contributed by atoms with van der Waals surface area (Å²) in [6.07, 6.45) is 7.68. The lowest BCUT2D eigenvalue weighted by atomic mass is 9.42. The van der Waals surface area contributed by atoms with Crippen molar-refractivity contribution in [3.05, 3.63) is 0 Å².